The number of aliphatic carboxylic acids is 1. The van der Waals surface area contributed by atoms with Gasteiger partial charge < -0.3 is 5.11 Å². The van der Waals surface area contributed by atoms with Crippen molar-refractivity contribution in [1.82, 2.24) is 0 Å². The topological polar surface area (TPSA) is 37.3 Å². The third kappa shape index (κ3) is 3.42. The second kappa shape index (κ2) is 6.93. The van der Waals surface area contributed by atoms with Crippen LogP contribution in [0.5, 0.6) is 0 Å². The van der Waals surface area contributed by atoms with E-state index >= 15 is 0 Å². The summed E-state index contributed by atoms with van der Waals surface area (Å²) in [5.41, 5.74) is 0. The van der Waals surface area contributed by atoms with E-state index in [1.165, 1.54) is 0 Å². The number of carboxylic acid groups (broad SMARTS) is 1. The van der Waals surface area contributed by atoms with E-state index in [1.54, 1.807) is 0 Å². The van der Waals surface area contributed by atoms with Crippen LogP contribution in [0.3, 0.4) is 0 Å². The maximum atomic E-state index is 12.8. The molecule has 0 aliphatic heterocycles. The number of carbonyl (C=O) groups is 1. The van der Waals surface area contributed by atoms with Gasteiger partial charge in [-0.25, -0.2) is 4.79 Å². The van der Waals surface area contributed by atoms with E-state index in [4.69, 9.17) is 5.11 Å². The molecule has 0 unspecified atom stereocenters. The van der Waals surface area contributed by atoms with E-state index in [1.807, 2.05) is 0 Å². The second-order valence-electron chi connectivity index (χ2n) is 4.25. The Kier molecular flexibility index (Phi) is 7.44. The molecule has 0 aliphatic carbocycles. The number of rotatable bonds is 6. The van der Waals surface area contributed by atoms with Gasteiger partial charge in [-0.05, 0) is 0 Å². The molecule has 2 nitrogen and oxygen atoms in total. The van der Waals surface area contributed by atoms with Crippen molar-refractivity contribution in [3.8, 4) is 0 Å². The average molecular weight is 456 g/mol. The van der Waals surface area contributed by atoms with Gasteiger partial charge in [-0.1, -0.05) is 0 Å². The van der Waals surface area contributed by atoms with Gasteiger partial charge in [0.15, 0.2) is 0 Å². The molecule has 0 aromatic carbocycles. The van der Waals surface area contributed by atoms with Crippen LogP contribution in [0.4, 0.5) is 65.9 Å². The first-order valence-corrected chi connectivity index (χ1v) is 5.01. The predicted octanol–water partition coefficient (Wildman–Crippen LogP) is 3.53. The van der Waals surface area contributed by atoms with Crippen LogP contribution < -0.4 is 0 Å². The first-order valence-electron chi connectivity index (χ1n) is 5.01. The van der Waals surface area contributed by atoms with Gasteiger partial charge in [0.2, 0.25) is 0 Å². The summed E-state index contributed by atoms with van der Waals surface area (Å²) < 4.78 is 187. The van der Waals surface area contributed by atoms with Crippen LogP contribution in [0.25, 0.3) is 0 Å². The van der Waals surface area contributed by atoms with Crippen molar-refractivity contribution in [1.29, 1.82) is 0 Å². The molecule has 0 aromatic rings. The normalized spacial score (nSPS) is 15.5. The van der Waals surface area contributed by atoms with E-state index in [0.717, 1.165) is 0 Å². The minimum absolute atomic E-state index is 0. The molecule has 0 bridgehead atoms. The molecule has 0 atom stereocenters. The van der Waals surface area contributed by atoms with Crippen molar-refractivity contribution >= 4 is 43.7 Å². The number of carboxylic acids is 1. The Hall–Kier alpha value is -0.320. The molecule has 0 rings (SSSR count). The molecule has 0 amide bonds. The number of alkyl halides is 15. The Morgan fingerprint density at radius 1 is 0.500 bits per heavy atom. The Labute approximate surface area is 161 Å². The molecule has 0 saturated heterocycles. The van der Waals surface area contributed by atoms with Gasteiger partial charge in [0, 0.05) is 0 Å². The summed E-state index contributed by atoms with van der Waals surface area (Å²) in [6.07, 6.45) is -7.69. The van der Waals surface area contributed by atoms with Gasteiger partial charge in [-0.3, -0.25) is 0 Å². The van der Waals surface area contributed by atoms with Crippen LogP contribution >= 0.6 is 0 Å². The van der Waals surface area contributed by atoms with Crippen LogP contribution in [0.15, 0.2) is 0 Å². The van der Waals surface area contributed by atoms with Gasteiger partial charge in [0.25, 0.3) is 0 Å². The van der Waals surface area contributed by atoms with Crippen LogP contribution in [0.2, 0.25) is 0 Å². The summed E-state index contributed by atoms with van der Waals surface area (Å²) in [7, 11) is 0. The molecule has 26 heavy (non-hydrogen) atoms. The second-order valence-corrected chi connectivity index (χ2v) is 4.25. The molecule has 0 saturated carbocycles. The molecule has 0 fully saturated rings. The summed E-state index contributed by atoms with van der Waals surface area (Å²) in [6, 6.07) is 0. The van der Waals surface area contributed by atoms with Crippen molar-refractivity contribution in [2.75, 3.05) is 0 Å². The fraction of sp³-hybridized carbons (Fsp3) is 0.875. The first-order chi connectivity index (χ1) is 10.4. The van der Waals surface area contributed by atoms with Gasteiger partial charge in [0.05, 0.1) is 0 Å². The van der Waals surface area contributed by atoms with Gasteiger partial charge >= 0.3 is 85.4 Å². The predicted molar refractivity (Wildman–Crippen MR) is 51.9 cm³/mol. The number of hydrogen-bond donors (Lipinski definition) is 1. The third-order valence-electron chi connectivity index (χ3n) is 2.60. The molecule has 18 heteroatoms. The maximum absolute atomic E-state index is 12.8. The van der Waals surface area contributed by atoms with Crippen molar-refractivity contribution in [3.63, 3.8) is 0 Å². The zero-order valence-corrected chi connectivity index (χ0v) is 10.5. The first kappa shape index (κ1) is 27.9. The van der Waals surface area contributed by atoms with Crippen molar-refractivity contribution < 1.29 is 75.8 Å². The Bertz CT molecular complexity index is 536. The van der Waals surface area contributed by atoms with E-state index in [9.17, 15) is 70.7 Å². The van der Waals surface area contributed by atoms with Crippen molar-refractivity contribution in [2.45, 2.75) is 41.7 Å². The molecule has 154 valence electrons. The molecule has 0 aliphatic rings. The third-order valence-corrected chi connectivity index (χ3v) is 2.60. The molecule has 1 N–H and O–H groups in total. The van der Waals surface area contributed by atoms with Crippen LogP contribution in [-0.2, 0) is 4.79 Å². The molecule has 0 spiro atoms. The summed E-state index contributed by atoms with van der Waals surface area (Å²) in [5, 5.41) is 7.57. The molecule has 0 radical (unpaired) electrons. The summed E-state index contributed by atoms with van der Waals surface area (Å²) in [5.74, 6) is -52.8. The molecular formula is C8H3CaF15O2. The van der Waals surface area contributed by atoms with E-state index in [0.29, 0.717) is 0 Å². The van der Waals surface area contributed by atoms with E-state index in [-0.39, 0.29) is 37.7 Å². The van der Waals surface area contributed by atoms with Crippen LogP contribution in [0.1, 0.15) is 0 Å². The zero-order chi connectivity index (χ0) is 21.1. The van der Waals surface area contributed by atoms with E-state index < -0.39 is 47.7 Å². The number of halogens is 15. The fourth-order valence-electron chi connectivity index (χ4n) is 1.10. The van der Waals surface area contributed by atoms with Gasteiger partial charge in [-0.2, -0.15) is 65.9 Å². The Morgan fingerprint density at radius 2 is 0.731 bits per heavy atom. The Morgan fingerprint density at radius 3 is 0.962 bits per heavy atom. The summed E-state index contributed by atoms with van der Waals surface area (Å²) in [6.45, 7) is 0. The Balaban J connectivity index is 0. The standard InChI is InChI=1S/C8HF15O2.Ca.2H/c9-2(10,1(24)25)3(11,12)4(13,14)5(15,16)6(17,18)7(19,20)8(21,22)23;;;/h(H,24,25);;;. The fourth-order valence-corrected chi connectivity index (χ4v) is 1.10. The SMILES string of the molecule is O=C(O)C(F)(F)C(F)(F)C(F)(F)C(F)(F)C(F)(F)C(F)(F)C(F)(F)F.[CaH2]. The zero-order valence-electron chi connectivity index (χ0n) is 10.5. The van der Waals surface area contributed by atoms with Crippen molar-refractivity contribution in [3.05, 3.63) is 0 Å². The van der Waals surface area contributed by atoms with Gasteiger partial charge in [-0.15, -0.1) is 0 Å². The molecular weight excluding hydrogens is 453 g/mol. The van der Waals surface area contributed by atoms with Crippen LogP contribution in [-0.4, -0.2) is 90.5 Å². The average Bonchev–Trinajstić information content (AvgIpc) is 2.35. The summed E-state index contributed by atoms with van der Waals surface area (Å²) >= 11 is 0. The summed E-state index contributed by atoms with van der Waals surface area (Å²) in [4.78, 5) is 9.72. The quantitative estimate of drug-likeness (QED) is 0.491. The van der Waals surface area contributed by atoms with Crippen LogP contribution in [0, 0.1) is 0 Å². The molecule has 0 heterocycles. The monoisotopic (exact) mass is 456 g/mol. The number of hydrogen-bond acceptors (Lipinski definition) is 1. The van der Waals surface area contributed by atoms with E-state index in [2.05, 4.69) is 0 Å². The van der Waals surface area contributed by atoms with Crippen molar-refractivity contribution in [2.24, 2.45) is 0 Å². The minimum atomic E-state index is -8.47. The molecule has 0 aromatic heterocycles. The van der Waals surface area contributed by atoms with Gasteiger partial charge in [0.1, 0.15) is 0 Å².